The molecule has 0 N–H and O–H groups in total. The minimum Gasteiger partial charge on any atom is -0.206 e. The first-order valence-corrected chi connectivity index (χ1v) is 13.1. The lowest BCUT2D eigenvalue weighted by molar-refractivity contribution is 0.224. The first-order chi connectivity index (χ1) is 15.1. The van der Waals surface area contributed by atoms with Crippen LogP contribution in [0.1, 0.15) is 95.5 Å². The van der Waals surface area contributed by atoms with E-state index in [9.17, 15) is 4.39 Å². The molecule has 0 heterocycles. The zero-order valence-electron chi connectivity index (χ0n) is 19.1. The second kappa shape index (κ2) is 11.0. The average molecular weight is 441 g/mol. The fourth-order valence-corrected chi connectivity index (χ4v) is 6.25. The molecule has 0 radical (unpaired) electrons. The normalized spacial score (nSPS) is 26.7. The number of benzene rings is 2. The van der Waals surface area contributed by atoms with Crippen molar-refractivity contribution in [1.29, 1.82) is 0 Å². The van der Waals surface area contributed by atoms with Gasteiger partial charge in [-0.25, -0.2) is 4.39 Å². The van der Waals surface area contributed by atoms with Crippen LogP contribution in [0, 0.1) is 23.6 Å². The van der Waals surface area contributed by atoms with Gasteiger partial charge in [0.1, 0.15) is 5.82 Å². The van der Waals surface area contributed by atoms with Gasteiger partial charge < -0.3 is 0 Å². The molecule has 0 unspecified atom stereocenters. The van der Waals surface area contributed by atoms with Crippen molar-refractivity contribution in [3.63, 3.8) is 0 Å². The third kappa shape index (κ3) is 6.13. The summed E-state index contributed by atoms with van der Waals surface area (Å²) in [6, 6.07) is 13.3. The van der Waals surface area contributed by atoms with Crippen LogP contribution in [0.15, 0.2) is 42.5 Å². The molecule has 0 aliphatic heterocycles. The van der Waals surface area contributed by atoms with Crippen LogP contribution >= 0.6 is 11.6 Å². The second-order valence-electron chi connectivity index (χ2n) is 10.2. The van der Waals surface area contributed by atoms with Crippen molar-refractivity contribution in [2.75, 3.05) is 0 Å². The number of halogens is 2. The van der Waals surface area contributed by atoms with Crippen molar-refractivity contribution in [2.45, 2.75) is 89.9 Å². The van der Waals surface area contributed by atoms with E-state index >= 15 is 0 Å². The Hall–Kier alpha value is -1.34. The Labute approximate surface area is 193 Å². The van der Waals surface area contributed by atoms with Crippen molar-refractivity contribution in [3.05, 3.63) is 58.9 Å². The van der Waals surface area contributed by atoms with Crippen LogP contribution in [0.2, 0.25) is 5.02 Å². The molecule has 168 valence electrons. The van der Waals surface area contributed by atoms with Gasteiger partial charge in [0.05, 0.1) is 0 Å². The predicted octanol–water partition coefficient (Wildman–Crippen LogP) is 9.81. The van der Waals surface area contributed by atoms with Crippen molar-refractivity contribution in [2.24, 2.45) is 17.8 Å². The van der Waals surface area contributed by atoms with Gasteiger partial charge in [-0.15, -0.1) is 0 Å². The lowest BCUT2D eigenvalue weighted by Gasteiger charge is -2.32. The molecular weight excluding hydrogens is 403 g/mol. The van der Waals surface area contributed by atoms with Gasteiger partial charge in [0.15, 0.2) is 0 Å². The highest BCUT2D eigenvalue weighted by atomic mass is 35.5. The van der Waals surface area contributed by atoms with E-state index in [-0.39, 0.29) is 5.82 Å². The van der Waals surface area contributed by atoms with Gasteiger partial charge in [0, 0.05) is 10.6 Å². The molecule has 2 aliphatic rings. The Balaban J connectivity index is 1.24. The highest BCUT2D eigenvalue weighted by molar-refractivity contribution is 6.30. The smallest absolute Gasteiger partial charge is 0.131 e. The third-order valence-electron chi connectivity index (χ3n) is 8.11. The Morgan fingerprint density at radius 2 is 1.29 bits per heavy atom. The maximum atomic E-state index is 14.8. The summed E-state index contributed by atoms with van der Waals surface area (Å²) in [5.74, 6) is 3.31. The molecule has 0 atom stereocenters. The topological polar surface area (TPSA) is 0 Å². The van der Waals surface area contributed by atoms with E-state index in [1.807, 2.05) is 30.3 Å². The fourth-order valence-electron chi connectivity index (χ4n) is 6.12. The zero-order valence-corrected chi connectivity index (χ0v) is 19.8. The van der Waals surface area contributed by atoms with Crippen LogP contribution < -0.4 is 0 Å². The molecule has 0 bridgehead atoms. The minimum absolute atomic E-state index is 0.111. The second-order valence-corrected chi connectivity index (χ2v) is 10.7. The summed E-state index contributed by atoms with van der Waals surface area (Å²) >= 11 is 5.97. The van der Waals surface area contributed by atoms with Gasteiger partial charge in [-0.2, -0.15) is 0 Å². The summed E-state index contributed by atoms with van der Waals surface area (Å²) in [7, 11) is 0. The first kappa shape index (κ1) is 22.8. The summed E-state index contributed by atoms with van der Waals surface area (Å²) in [5, 5.41) is 0.682. The van der Waals surface area contributed by atoms with Gasteiger partial charge in [-0.3, -0.25) is 0 Å². The van der Waals surface area contributed by atoms with Crippen molar-refractivity contribution >= 4 is 11.6 Å². The van der Waals surface area contributed by atoms with E-state index in [1.165, 1.54) is 82.6 Å². The standard InChI is InChI=1S/C29H38ClF/c1-2-3-21-4-6-22(7-5-21)8-9-23-10-12-24(13-11-23)26-16-19-28(29(31)20-26)25-14-17-27(30)18-15-25/h14-24H,2-13H2,1H3/t21-,22-,23-,24-. The maximum absolute atomic E-state index is 14.8. The third-order valence-corrected chi connectivity index (χ3v) is 8.36. The summed E-state index contributed by atoms with van der Waals surface area (Å²) in [6.45, 7) is 2.32. The molecule has 2 aromatic rings. The van der Waals surface area contributed by atoms with E-state index in [1.54, 1.807) is 6.07 Å². The SMILES string of the molecule is CCC[C@H]1CC[C@H](CC[C@H]2CC[C@H](c3ccc(-c4ccc(Cl)cc4)c(F)c3)CC2)CC1. The molecule has 0 aromatic heterocycles. The number of hydrogen-bond donors (Lipinski definition) is 0. The van der Waals surface area contributed by atoms with Gasteiger partial charge in [0.25, 0.3) is 0 Å². The molecule has 2 aromatic carbocycles. The van der Waals surface area contributed by atoms with E-state index in [0.29, 0.717) is 16.5 Å². The van der Waals surface area contributed by atoms with E-state index in [0.717, 1.165) is 23.3 Å². The Kier molecular flexibility index (Phi) is 8.10. The molecule has 2 heteroatoms. The molecule has 2 aliphatic carbocycles. The highest BCUT2D eigenvalue weighted by Gasteiger charge is 2.25. The lowest BCUT2D eigenvalue weighted by Crippen LogP contribution is -2.17. The van der Waals surface area contributed by atoms with Crippen LogP contribution in [0.5, 0.6) is 0 Å². The summed E-state index contributed by atoms with van der Waals surface area (Å²) < 4.78 is 14.8. The molecule has 0 spiro atoms. The summed E-state index contributed by atoms with van der Waals surface area (Å²) in [5.41, 5.74) is 2.74. The van der Waals surface area contributed by atoms with Gasteiger partial charge in [-0.1, -0.05) is 94.2 Å². The molecule has 0 nitrogen and oxygen atoms in total. The van der Waals surface area contributed by atoms with E-state index in [2.05, 4.69) is 13.0 Å². The van der Waals surface area contributed by atoms with Gasteiger partial charge in [0.2, 0.25) is 0 Å². The van der Waals surface area contributed by atoms with Crippen LogP contribution in [-0.2, 0) is 0 Å². The van der Waals surface area contributed by atoms with E-state index < -0.39 is 0 Å². The van der Waals surface area contributed by atoms with Crippen molar-refractivity contribution < 1.29 is 4.39 Å². The highest BCUT2D eigenvalue weighted by Crippen LogP contribution is 2.41. The average Bonchev–Trinajstić information content (AvgIpc) is 2.80. The van der Waals surface area contributed by atoms with Crippen LogP contribution in [0.3, 0.4) is 0 Å². The molecule has 2 fully saturated rings. The Bertz CT molecular complexity index is 811. The fraction of sp³-hybridized carbons (Fsp3) is 0.586. The Morgan fingerprint density at radius 1 is 0.742 bits per heavy atom. The monoisotopic (exact) mass is 440 g/mol. The number of rotatable bonds is 7. The summed E-state index contributed by atoms with van der Waals surface area (Å²) in [6.07, 6.45) is 16.6. The van der Waals surface area contributed by atoms with Crippen LogP contribution in [0.4, 0.5) is 4.39 Å². The number of hydrogen-bond acceptors (Lipinski definition) is 0. The first-order valence-electron chi connectivity index (χ1n) is 12.7. The van der Waals surface area contributed by atoms with Crippen molar-refractivity contribution in [1.82, 2.24) is 0 Å². The molecule has 0 amide bonds. The van der Waals surface area contributed by atoms with Gasteiger partial charge >= 0.3 is 0 Å². The molecule has 0 saturated heterocycles. The lowest BCUT2D eigenvalue weighted by atomic mass is 9.74. The molecule has 4 rings (SSSR count). The van der Waals surface area contributed by atoms with E-state index in [4.69, 9.17) is 11.6 Å². The predicted molar refractivity (Wildman–Crippen MR) is 131 cm³/mol. The van der Waals surface area contributed by atoms with Gasteiger partial charge in [-0.05, 0) is 78.7 Å². The largest absolute Gasteiger partial charge is 0.206 e. The summed E-state index contributed by atoms with van der Waals surface area (Å²) in [4.78, 5) is 0. The minimum atomic E-state index is -0.111. The van der Waals surface area contributed by atoms with Crippen LogP contribution in [-0.4, -0.2) is 0 Å². The molecular formula is C29H38ClF. The molecule has 2 saturated carbocycles. The van der Waals surface area contributed by atoms with Crippen LogP contribution in [0.25, 0.3) is 11.1 Å². The zero-order chi connectivity index (χ0) is 21.6. The maximum Gasteiger partial charge on any atom is 0.131 e. The van der Waals surface area contributed by atoms with Crippen molar-refractivity contribution in [3.8, 4) is 11.1 Å². The quantitative estimate of drug-likeness (QED) is 0.401. The molecule has 31 heavy (non-hydrogen) atoms. The Morgan fingerprint density at radius 3 is 1.84 bits per heavy atom.